The maximum atomic E-state index is 15.3. The van der Waals surface area contributed by atoms with E-state index in [1.165, 1.54) is 6.07 Å². The van der Waals surface area contributed by atoms with Crippen LogP contribution < -0.4 is 9.64 Å². The van der Waals surface area contributed by atoms with E-state index in [2.05, 4.69) is 25.9 Å². The Morgan fingerprint density at radius 1 is 1.02 bits per heavy atom. The molecule has 4 aliphatic carbocycles. The first-order valence-electron chi connectivity index (χ1n) is 17.2. The van der Waals surface area contributed by atoms with Crippen LogP contribution in [-0.4, -0.2) is 39.9 Å². The van der Waals surface area contributed by atoms with Gasteiger partial charge in [-0.05, 0) is 125 Å². The lowest BCUT2D eigenvalue weighted by Crippen LogP contribution is -2.51. The standard InChI is InChI=1S/C38H50FN3O4/c1-6-45-29-10-7-27(8-11-29)30-24-28(9-12-31(30)39)42(32(43)23-26-13-15-36(5,44)16-14-26)25-37-17-20-38(21-18-37,22-19-37)34-40-33(41-46-34)35(2,3)4/h7-12,24,26,44H,6,13-23,25H2,1-5H3. The lowest BCUT2D eigenvalue weighted by atomic mass is 9.53. The van der Waals surface area contributed by atoms with Crippen molar-refractivity contribution in [3.8, 4) is 16.9 Å². The zero-order valence-corrected chi connectivity index (χ0v) is 28.2. The molecule has 0 saturated heterocycles. The van der Waals surface area contributed by atoms with Crippen molar-refractivity contribution >= 4 is 11.6 Å². The molecular formula is C38H50FN3O4. The summed E-state index contributed by atoms with van der Waals surface area (Å²) in [5.41, 5.74) is 1.03. The van der Waals surface area contributed by atoms with Gasteiger partial charge in [-0.1, -0.05) is 38.1 Å². The Morgan fingerprint density at radius 3 is 2.26 bits per heavy atom. The third-order valence-electron chi connectivity index (χ3n) is 11.1. The van der Waals surface area contributed by atoms with E-state index in [4.69, 9.17) is 14.2 Å². The molecule has 2 aromatic carbocycles. The molecule has 1 N–H and O–H groups in total. The summed E-state index contributed by atoms with van der Waals surface area (Å²) in [6.45, 7) is 11.3. The molecule has 4 saturated carbocycles. The summed E-state index contributed by atoms with van der Waals surface area (Å²) in [5, 5.41) is 14.8. The highest BCUT2D eigenvalue weighted by Gasteiger charge is 2.53. The molecule has 0 atom stereocenters. The number of ether oxygens (including phenoxy) is 1. The third-order valence-corrected chi connectivity index (χ3v) is 11.1. The Bertz CT molecular complexity index is 1510. The van der Waals surface area contributed by atoms with Gasteiger partial charge >= 0.3 is 0 Å². The number of carbonyl (C=O) groups is 1. The maximum absolute atomic E-state index is 15.3. The predicted molar refractivity (Wildman–Crippen MR) is 177 cm³/mol. The SMILES string of the molecule is CCOc1ccc(-c2cc(N(CC34CCC(c5nc(C(C)(C)C)no5)(CC3)CC4)C(=O)CC3CCC(C)(O)CC3)ccc2F)cc1. The highest BCUT2D eigenvalue weighted by molar-refractivity contribution is 5.94. The van der Waals surface area contributed by atoms with E-state index in [9.17, 15) is 9.90 Å². The van der Waals surface area contributed by atoms with Crippen LogP contribution in [0.5, 0.6) is 5.75 Å². The van der Waals surface area contributed by atoms with E-state index in [1.54, 1.807) is 6.07 Å². The molecule has 3 aromatic rings. The largest absolute Gasteiger partial charge is 0.494 e. The Hall–Kier alpha value is -3.26. The molecule has 248 valence electrons. The Morgan fingerprint density at radius 2 is 1.67 bits per heavy atom. The number of rotatable bonds is 9. The van der Waals surface area contributed by atoms with Crippen molar-refractivity contribution in [1.29, 1.82) is 0 Å². The molecule has 46 heavy (non-hydrogen) atoms. The third kappa shape index (κ3) is 6.73. The summed E-state index contributed by atoms with van der Waals surface area (Å²) < 4.78 is 26.8. The number of fused-ring (bicyclic) bond motifs is 3. The van der Waals surface area contributed by atoms with Crippen LogP contribution in [-0.2, 0) is 15.6 Å². The Kier molecular flexibility index (Phi) is 8.81. The van der Waals surface area contributed by atoms with E-state index < -0.39 is 5.60 Å². The summed E-state index contributed by atoms with van der Waals surface area (Å²) >= 11 is 0. The molecule has 7 rings (SSSR count). The Labute approximate surface area is 272 Å². The second-order valence-corrected chi connectivity index (χ2v) is 15.7. The van der Waals surface area contributed by atoms with Gasteiger partial charge in [-0.3, -0.25) is 4.79 Å². The molecule has 0 unspecified atom stereocenters. The van der Waals surface area contributed by atoms with Crippen molar-refractivity contribution in [3.63, 3.8) is 0 Å². The summed E-state index contributed by atoms with van der Waals surface area (Å²) in [7, 11) is 0. The topological polar surface area (TPSA) is 88.7 Å². The van der Waals surface area contributed by atoms with Gasteiger partial charge in [0.15, 0.2) is 5.82 Å². The molecule has 8 heteroatoms. The van der Waals surface area contributed by atoms with Gasteiger partial charge in [-0.15, -0.1) is 0 Å². The minimum Gasteiger partial charge on any atom is -0.494 e. The molecule has 1 aromatic heterocycles. The van der Waals surface area contributed by atoms with Crippen molar-refractivity contribution in [3.05, 3.63) is 60.0 Å². The van der Waals surface area contributed by atoms with Gasteiger partial charge in [0.05, 0.1) is 12.2 Å². The molecular weight excluding hydrogens is 581 g/mol. The number of benzene rings is 2. The van der Waals surface area contributed by atoms with Gasteiger partial charge in [-0.25, -0.2) is 4.39 Å². The molecule has 1 heterocycles. The molecule has 1 amide bonds. The minimum absolute atomic E-state index is 0.0196. The molecule has 0 aliphatic heterocycles. The van der Waals surface area contributed by atoms with Crippen LogP contribution in [0, 0.1) is 17.2 Å². The van der Waals surface area contributed by atoms with Crippen LogP contribution in [0.3, 0.4) is 0 Å². The Balaban J connectivity index is 1.26. The van der Waals surface area contributed by atoms with E-state index in [-0.39, 0.29) is 33.9 Å². The lowest BCUT2D eigenvalue weighted by molar-refractivity contribution is -0.121. The smallest absolute Gasteiger partial charge is 0.232 e. The maximum Gasteiger partial charge on any atom is 0.232 e. The average Bonchev–Trinajstić information content (AvgIpc) is 3.56. The van der Waals surface area contributed by atoms with Gasteiger partial charge in [-0.2, -0.15) is 4.98 Å². The molecule has 4 aliphatic rings. The number of aliphatic hydroxyl groups is 1. The number of anilines is 1. The zero-order valence-electron chi connectivity index (χ0n) is 28.2. The van der Waals surface area contributed by atoms with E-state index in [1.807, 2.05) is 49.1 Å². The van der Waals surface area contributed by atoms with Gasteiger partial charge in [0.2, 0.25) is 11.8 Å². The van der Waals surface area contributed by atoms with Crippen molar-refractivity contribution < 1.29 is 23.6 Å². The van der Waals surface area contributed by atoms with E-state index >= 15 is 4.39 Å². The molecule has 0 spiro atoms. The van der Waals surface area contributed by atoms with Crippen LogP contribution in [0.25, 0.3) is 11.1 Å². The number of amides is 1. The zero-order chi connectivity index (χ0) is 32.7. The van der Waals surface area contributed by atoms with Crippen molar-refractivity contribution in [1.82, 2.24) is 10.1 Å². The quantitative estimate of drug-likeness (QED) is 0.255. The van der Waals surface area contributed by atoms with Crippen molar-refractivity contribution in [2.24, 2.45) is 11.3 Å². The molecule has 2 bridgehead atoms. The number of hydrogen-bond acceptors (Lipinski definition) is 6. The summed E-state index contributed by atoms with van der Waals surface area (Å²) in [6, 6.07) is 12.5. The number of hydrogen-bond donors (Lipinski definition) is 1. The van der Waals surface area contributed by atoms with Crippen LogP contribution in [0.1, 0.15) is 117 Å². The second kappa shape index (κ2) is 12.4. The highest BCUT2D eigenvalue weighted by atomic mass is 19.1. The summed E-state index contributed by atoms with van der Waals surface area (Å²) in [6.07, 6.45) is 9.32. The monoisotopic (exact) mass is 631 g/mol. The fourth-order valence-electron chi connectivity index (χ4n) is 7.88. The number of carbonyl (C=O) groups excluding carboxylic acids is 1. The second-order valence-electron chi connectivity index (χ2n) is 15.7. The van der Waals surface area contributed by atoms with Gasteiger partial charge in [0, 0.05) is 35.0 Å². The van der Waals surface area contributed by atoms with Crippen LogP contribution in [0.4, 0.5) is 10.1 Å². The van der Waals surface area contributed by atoms with Crippen LogP contribution >= 0.6 is 0 Å². The van der Waals surface area contributed by atoms with Gasteiger partial charge < -0.3 is 19.3 Å². The number of halogens is 1. The van der Waals surface area contributed by atoms with Crippen LogP contribution in [0.2, 0.25) is 0 Å². The highest BCUT2D eigenvalue weighted by Crippen LogP contribution is 2.58. The minimum atomic E-state index is -0.648. The first-order chi connectivity index (χ1) is 21.8. The molecule has 7 nitrogen and oxygen atoms in total. The molecule has 0 radical (unpaired) electrons. The first kappa shape index (κ1) is 32.7. The molecule has 4 fully saturated rings. The summed E-state index contributed by atoms with van der Waals surface area (Å²) in [4.78, 5) is 21.1. The normalized spacial score (nSPS) is 27.8. The fourth-order valence-corrected chi connectivity index (χ4v) is 7.88. The summed E-state index contributed by atoms with van der Waals surface area (Å²) in [5.74, 6) is 2.26. The first-order valence-corrected chi connectivity index (χ1v) is 17.2. The number of aromatic nitrogens is 2. The predicted octanol–water partition coefficient (Wildman–Crippen LogP) is 8.53. The van der Waals surface area contributed by atoms with Crippen LogP contribution in [0.15, 0.2) is 47.0 Å². The van der Waals surface area contributed by atoms with E-state index in [0.717, 1.165) is 80.1 Å². The van der Waals surface area contributed by atoms with Crippen molar-refractivity contribution in [2.75, 3.05) is 18.1 Å². The van der Waals surface area contributed by atoms with Gasteiger partial charge in [0.25, 0.3) is 0 Å². The fraction of sp³-hybridized carbons (Fsp3) is 0.605. The van der Waals surface area contributed by atoms with Gasteiger partial charge in [0.1, 0.15) is 11.6 Å². The average molecular weight is 632 g/mol. The lowest BCUT2D eigenvalue weighted by Gasteiger charge is -2.53. The number of nitrogens with zero attached hydrogens (tertiary/aromatic N) is 3. The van der Waals surface area contributed by atoms with Crippen molar-refractivity contribution in [2.45, 2.75) is 122 Å². The van der Waals surface area contributed by atoms with E-state index in [0.29, 0.717) is 38.0 Å².